The highest BCUT2D eigenvalue weighted by molar-refractivity contribution is 5.97. The lowest BCUT2D eigenvalue weighted by atomic mass is 9.98. The Morgan fingerprint density at radius 1 is 1.12 bits per heavy atom. The molecule has 0 heterocycles. The van der Waals surface area contributed by atoms with Gasteiger partial charge in [0.1, 0.15) is 17.4 Å². The molecule has 0 bridgehead atoms. The fourth-order valence-corrected chi connectivity index (χ4v) is 2.68. The van der Waals surface area contributed by atoms with Gasteiger partial charge in [-0.05, 0) is 61.2 Å². The van der Waals surface area contributed by atoms with Crippen molar-refractivity contribution in [3.05, 3.63) is 64.2 Å². The van der Waals surface area contributed by atoms with Crippen molar-refractivity contribution in [2.45, 2.75) is 33.1 Å². The first kappa shape index (κ1) is 19.4. The van der Waals surface area contributed by atoms with Crippen LogP contribution in [-0.2, 0) is 11.2 Å². The van der Waals surface area contributed by atoms with Crippen molar-refractivity contribution in [3.63, 3.8) is 0 Å². The van der Waals surface area contributed by atoms with E-state index in [0.29, 0.717) is 23.1 Å². The molecule has 138 valence electrons. The van der Waals surface area contributed by atoms with Crippen molar-refractivity contribution in [3.8, 4) is 5.75 Å². The molecule has 3 N–H and O–H groups in total. The standard InChI is InChI=1S/C19H20F2N2O3/c1-4-15-11(3)17(24)6-5-16(15)19(26)23-22-18(25)10(2)12-7-13(20)9-14(21)8-12/h5-10,24H,4H2,1-3H3,(H,22,25)(H,23,26). The quantitative estimate of drug-likeness (QED) is 0.732. The summed E-state index contributed by atoms with van der Waals surface area (Å²) in [6.45, 7) is 5.01. The summed E-state index contributed by atoms with van der Waals surface area (Å²) in [6, 6.07) is 5.72. The summed E-state index contributed by atoms with van der Waals surface area (Å²) >= 11 is 0. The van der Waals surface area contributed by atoms with Gasteiger partial charge in [-0.25, -0.2) is 8.78 Å². The zero-order valence-electron chi connectivity index (χ0n) is 14.7. The van der Waals surface area contributed by atoms with Gasteiger partial charge in [0.05, 0.1) is 5.92 Å². The maximum absolute atomic E-state index is 13.3. The van der Waals surface area contributed by atoms with E-state index in [4.69, 9.17) is 0 Å². The molecule has 5 nitrogen and oxygen atoms in total. The van der Waals surface area contributed by atoms with Crippen LogP contribution in [0.25, 0.3) is 0 Å². The van der Waals surface area contributed by atoms with E-state index in [-0.39, 0.29) is 11.3 Å². The van der Waals surface area contributed by atoms with Crippen LogP contribution in [0.15, 0.2) is 30.3 Å². The monoisotopic (exact) mass is 362 g/mol. The summed E-state index contributed by atoms with van der Waals surface area (Å²) in [5.41, 5.74) is 6.29. The van der Waals surface area contributed by atoms with E-state index in [2.05, 4.69) is 10.9 Å². The normalized spacial score (nSPS) is 11.7. The molecule has 0 saturated carbocycles. The van der Waals surface area contributed by atoms with E-state index in [0.717, 1.165) is 18.2 Å². The summed E-state index contributed by atoms with van der Waals surface area (Å²) in [7, 11) is 0. The second-order valence-electron chi connectivity index (χ2n) is 5.96. The van der Waals surface area contributed by atoms with Crippen molar-refractivity contribution in [2.75, 3.05) is 0 Å². The zero-order valence-corrected chi connectivity index (χ0v) is 14.7. The molecule has 0 aromatic heterocycles. The number of rotatable bonds is 4. The molecule has 0 saturated heterocycles. The Morgan fingerprint density at radius 3 is 2.31 bits per heavy atom. The number of hydrogen-bond acceptors (Lipinski definition) is 3. The third-order valence-electron chi connectivity index (χ3n) is 4.25. The van der Waals surface area contributed by atoms with E-state index in [1.807, 2.05) is 6.92 Å². The number of phenols is 1. The van der Waals surface area contributed by atoms with Gasteiger partial charge in [0.2, 0.25) is 5.91 Å². The van der Waals surface area contributed by atoms with Crippen LogP contribution in [0.5, 0.6) is 5.75 Å². The first-order valence-electron chi connectivity index (χ1n) is 8.12. The first-order valence-corrected chi connectivity index (χ1v) is 8.12. The van der Waals surface area contributed by atoms with Gasteiger partial charge in [0, 0.05) is 11.6 Å². The highest BCUT2D eigenvalue weighted by atomic mass is 19.1. The third-order valence-corrected chi connectivity index (χ3v) is 4.25. The van der Waals surface area contributed by atoms with Crippen molar-refractivity contribution >= 4 is 11.8 Å². The summed E-state index contributed by atoms with van der Waals surface area (Å²) in [5.74, 6) is -3.50. The average Bonchev–Trinajstić information content (AvgIpc) is 2.59. The van der Waals surface area contributed by atoms with Gasteiger partial charge < -0.3 is 5.11 Å². The lowest BCUT2D eigenvalue weighted by Crippen LogP contribution is -2.43. The van der Waals surface area contributed by atoms with Gasteiger partial charge in [-0.15, -0.1) is 0 Å². The summed E-state index contributed by atoms with van der Waals surface area (Å²) in [5, 5.41) is 9.74. The lowest BCUT2D eigenvalue weighted by Gasteiger charge is -2.16. The largest absolute Gasteiger partial charge is 0.508 e. The minimum Gasteiger partial charge on any atom is -0.508 e. The SMILES string of the molecule is CCc1c(C(=O)NNC(=O)C(C)c2cc(F)cc(F)c2)ccc(O)c1C. The third kappa shape index (κ3) is 4.17. The van der Waals surface area contributed by atoms with Crippen molar-refractivity contribution in [1.29, 1.82) is 0 Å². The predicted molar refractivity (Wildman–Crippen MR) is 92.6 cm³/mol. The Balaban J connectivity index is 2.09. The predicted octanol–water partition coefficient (Wildman–Crippen LogP) is 3.11. The number of carbonyl (C=O) groups is 2. The molecule has 0 fully saturated rings. The highest BCUT2D eigenvalue weighted by Gasteiger charge is 2.19. The molecule has 0 radical (unpaired) electrons. The van der Waals surface area contributed by atoms with Gasteiger partial charge >= 0.3 is 0 Å². The Kier molecular flexibility index (Phi) is 5.92. The highest BCUT2D eigenvalue weighted by Crippen LogP contribution is 2.24. The molecule has 2 rings (SSSR count). The molecule has 0 aliphatic carbocycles. The summed E-state index contributed by atoms with van der Waals surface area (Å²) in [4.78, 5) is 24.5. The number of carbonyl (C=O) groups excluding carboxylic acids is 2. The molecule has 7 heteroatoms. The Hall–Kier alpha value is -2.96. The second kappa shape index (κ2) is 7.95. The number of aromatic hydroxyl groups is 1. The molecule has 0 aliphatic rings. The van der Waals surface area contributed by atoms with E-state index in [1.54, 1.807) is 6.92 Å². The number of halogens is 2. The number of phenolic OH excluding ortho intramolecular Hbond substituents is 1. The Morgan fingerprint density at radius 2 is 1.73 bits per heavy atom. The molecule has 1 atom stereocenters. The van der Waals surface area contributed by atoms with E-state index < -0.39 is 29.4 Å². The lowest BCUT2D eigenvalue weighted by molar-refractivity contribution is -0.123. The maximum Gasteiger partial charge on any atom is 0.269 e. The summed E-state index contributed by atoms with van der Waals surface area (Å²) in [6.07, 6.45) is 0.524. The van der Waals surface area contributed by atoms with Crippen LogP contribution >= 0.6 is 0 Å². The van der Waals surface area contributed by atoms with Gasteiger partial charge in [-0.1, -0.05) is 6.92 Å². The number of hydrazine groups is 1. The fraction of sp³-hybridized carbons (Fsp3) is 0.263. The van der Waals surface area contributed by atoms with Gasteiger partial charge in [-0.2, -0.15) is 0 Å². The van der Waals surface area contributed by atoms with Gasteiger partial charge in [0.15, 0.2) is 0 Å². The van der Waals surface area contributed by atoms with Crippen LogP contribution < -0.4 is 10.9 Å². The van der Waals surface area contributed by atoms with Crippen LogP contribution in [0.3, 0.4) is 0 Å². The summed E-state index contributed by atoms with van der Waals surface area (Å²) < 4.78 is 26.6. The molecule has 2 amide bonds. The van der Waals surface area contributed by atoms with Crippen LogP contribution in [-0.4, -0.2) is 16.9 Å². The van der Waals surface area contributed by atoms with Gasteiger partial charge in [0.25, 0.3) is 5.91 Å². The molecule has 1 unspecified atom stereocenters. The molecule has 0 spiro atoms. The minimum absolute atomic E-state index is 0.0872. The minimum atomic E-state index is -0.868. The fourth-order valence-electron chi connectivity index (χ4n) is 2.68. The van der Waals surface area contributed by atoms with Crippen LogP contribution in [0, 0.1) is 18.6 Å². The number of amides is 2. The van der Waals surface area contributed by atoms with Gasteiger partial charge in [-0.3, -0.25) is 20.4 Å². The molecule has 26 heavy (non-hydrogen) atoms. The molecule has 0 aliphatic heterocycles. The zero-order chi connectivity index (χ0) is 19.4. The molecular weight excluding hydrogens is 342 g/mol. The second-order valence-corrected chi connectivity index (χ2v) is 5.96. The molecule has 2 aromatic carbocycles. The van der Waals surface area contributed by atoms with Crippen LogP contribution in [0.1, 0.15) is 46.8 Å². The first-order chi connectivity index (χ1) is 12.2. The van der Waals surface area contributed by atoms with Crippen molar-refractivity contribution in [1.82, 2.24) is 10.9 Å². The molecule has 2 aromatic rings. The van der Waals surface area contributed by atoms with Crippen LogP contribution in [0.2, 0.25) is 0 Å². The molecular formula is C19H20F2N2O3. The van der Waals surface area contributed by atoms with E-state index >= 15 is 0 Å². The topological polar surface area (TPSA) is 78.4 Å². The Bertz CT molecular complexity index is 833. The number of benzene rings is 2. The smallest absolute Gasteiger partial charge is 0.269 e. The van der Waals surface area contributed by atoms with E-state index in [9.17, 15) is 23.5 Å². The number of nitrogens with one attached hydrogen (secondary N) is 2. The number of hydrogen-bond donors (Lipinski definition) is 3. The van der Waals surface area contributed by atoms with Crippen molar-refractivity contribution in [2.24, 2.45) is 0 Å². The maximum atomic E-state index is 13.3. The van der Waals surface area contributed by atoms with Crippen LogP contribution in [0.4, 0.5) is 8.78 Å². The Labute approximate surface area is 150 Å². The average molecular weight is 362 g/mol. The van der Waals surface area contributed by atoms with E-state index in [1.165, 1.54) is 19.1 Å². The van der Waals surface area contributed by atoms with Crippen molar-refractivity contribution < 1.29 is 23.5 Å².